The lowest BCUT2D eigenvalue weighted by molar-refractivity contribution is -0.130. The fourth-order valence-corrected chi connectivity index (χ4v) is 2.71. The maximum atomic E-state index is 12.4. The molecule has 1 fully saturated rings. The summed E-state index contributed by atoms with van der Waals surface area (Å²) in [6.45, 7) is 2.64. The zero-order valence-electron chi connectivity index (χ0n) is 13.2. The quantitative estimate of drug-likeness (QED) is 0.802. The van der Waals surface area contributed by atoms with Crippen molar-refractivity contribution in [1.82, 2.24) is 4.90 Å². The SMILES string of the molecule is COC[C@H](C)N1C[C@H](C(=O)Nc2ccccc2C(N)=O)CC1=O. The van der Waals surface area contributed by atoms with Crippen molar-refractivity contribution in [1.29, 1.82) is 0 Å². The Morgan fingerprint density at radius 2 is 2.13 bits per heavy atom. The van der Waals surface area contributed by atoms with Gasteiger partial charge in [0.15, 0.2) is 0 Å². The summed E-state index contributed by atoms with van der Waals surface area (Å²) in [7, 11) is 1.57. The van der Waals surface area contributed by atoms with Crippen LogP contribution < -0.4 is 11.1 Å². The lowest BCUT2D eigenvalue weighted by Gasteiger charge is -2.24. The van der Waals surface area contributed by atoms with E-state index in [1.165, 1.54) is 0 Å². The van der Waals surface area contributed by atoms with E-state index in [1.807, 2.05) is 6.92 Å². The van der Waals surface area contributed by atoms with Crippen molar-refractivity contribution in [2.24, 2.45) is 11.7 Å². The number of amides is 3. The molecule has 0 saturated carbocycles. The Hall–Kier alpha value is -2.41. The summed E-state index contributed by atoms with van der Waals surface area (Å²) in [6, 6.07) is 6.45. The normalized spacial score (nSPS) is 18.8. The number of rotatable bonds is 6. The van der Waals surface area contributed by atoms with Crippen LogP contribution in [0.2, 0.25) is 0 Å². The maximum Gasteiger partial charge on any atom is 0.250 e. The third-order valence-corrected chi connectivity index (χ3v) is 3.92. The molecule has 1 aromatic rings. The summed E-state index contributed by atoms with van der Waals surface area (Å²) < 4.78 is 5.05. The van der Waals surface area contributed by atoms with Gasteiger partial charge in [0, 0.05) is 20.1 Å². The largest absolute Gasteiger partial charge is 0.383 e. The van der Waals surface area contributed by atoms with E-state index in [9.17, 15) is 14.4 Å². The molecule has 0 bridgehead atoms. The van der Waals surface area contributed by atoms with Crippen molar-refractivity contribution in [3.63, 3.8) is 0 Å². The zero-order valence-corrected chi connectivity index (χ0v) is 13.2. The van der Waals surface area contributed by atoms with Crippen molar-refractivity contribution < 1.29 is 19.1 Å². The monoisotopic (exact) mass is 319 g/mol. The first kappa shape index (κ1) is 17.0. The highest BCUT2D eigenvalue weighted by molar-refractivity contribution is 6.04. The van der Waals surface area contributed by atoms with Crippen molar-refractivity contribution >= 4 is 23.4 Å². The second-order valence-electron chi connectivity index (χ2n) is 5.65. The molecule has 1 aromatic carbocycles. The molecule has 3 N–H and O–H groups in total. The molecule has 124 valence electrons. The molecule has 1 heterocycles. The first-order valence-corrected chi connectivity index (χ1v) is 7.42. The molecule has 0 radical (unpaired) electrons. The molecular weight excluding hydrogens is 298 g/mol. The third kappa shape index (κ3) is 3.87. The van der Waals surface area contributed by atoms with Crippen molar-refractivity contribution in [2.45, 2.75) is 19.4 Å². The molecule has 23 heavy (non-hydrogen) atoms. The smallest absolute Gasteiger partial charge is 0.250 e. The molecule has 2 rings (SSSR count). The fraction of sp³-hybridized carbons (Fsp3) is 0.438. The number of anilines is 1. The number of nitrogens with two attached hydrogens (primary N) is 1. The van der Waals surface area contributed by atoms with Crippen LogP contribution in [-0.2, 0) is 14.3 Å². The summed E-state index contributed by atoms with van der Waals surface area (Å²) >= 11 is 0. The number of ether oxygens (including phenoxy) is 1. The van der Waals surface area contributed by atoms with Gasteiger partial charge in [-0.15, -0.1) is 0 Å². The fourth-order valence-electron chi connectivity index (χ4n) is 2.71. The predicted octanol–water partition coefficient (Wildman–Crippen LogP) is 0.607. The molecule has 1 aliphatic heterocycles. The van der Waals surface area contributed by atoms with E-state index < -0.39 is 11.8 Å². The van der Waals surface area contributed by atoms with Gasteiger partial charge in [-0.25, -0.2) is 0 Å². The Balaban J connectivity index is 2.05. The van der Waals surface area contributed by atoms with Gasteiger partial charge >= 0.3 is 0 Å². The number of nitrogens with zero attached hydrogens (tertiary/aromatic N) is 1. The van der Waals surface area contributed by atoms with E-state index in [0.29, 0.717) is 18.8 Å². The van der Waals surface area contributed by atoms with Crippen LogP contribution in [0.25, 0.3) is 0 Å². The highest BCUT2D eigenvalue weighted by Crippen LogP contribution is 2.23. The number of nitrogens with one attached hydrogen (secondary N) is 1. The molecule has 7 heteroatoms. The van der Waals surface area contributed by atoms with Gasteiger partial charge in [0.1, 0.15) is 0 Å². The number of likely N-dealkylation sites (tertiary alicyclic amines) is 1. The van der Waals surface area contributed by atoms with Crippen LogP contribution in [0, 0.1) is 5.92 Å². The Kier molecular flexibility index (Phi) is 5.33. The lowest BCUT2D eigenvalue weighted by Crippen LogP contribution is -2.38. The molecule has 1 aliphatic rings. The van der Waals surface area contributed by atoms with Gasteiger partial charge in [0.05, 0.1) is 29.8 Å². The first-order chi connectivity index (χ1) is 10.9. The van der Waals surface area contributed by atoms with Crippen LogP contribution in [0.15, 0.2) is 24.3 Å². The summed E-state index contributed by atoms with van der Waals surface area (Å²) in [5.41, 5.74) is 5.90. The number of hydrogen-bond acceptors (Lipinski definition) is 4. The van der Waals surface area contributed by atoms with Gasteiger partial charge in [-0.2, -0.15) is 0 Å². The van der Waals surface area contributed by atoms with E-state index in [2.05, 4.69) is 5.32 Å². The van der Waals surface area contributed by atoms with Crippen LogP contribution in [0.4, 0.5) is 5.69 Å². The Morgan fingerprint density at radius 1 is 1.43 bits per heavy atom. The average Bonchev–Trinajstić information content (AvgIpc) is 2.90. The Labute approximate surface area is 134 Å². The highest BCUT2D eigenvalue weighted by atomic mass is 16.5. The summed E-state index contributed by atoms with van der Waals surface area (Å²) in [6.07, 6.45) is 0.151. The van der Waals surface area contributed by atoms with Crippen LogP contribution in [0.5, 0.6) is 0 Å². The number of carbonyl (C=O) groups excluding carboxylic acids is 3. The number of methoxy groups -OCH3 is 1. The first-order valence-electron chi connectivity index (χ1n) is 7.42. The van der Waals surface area contributed by atoms with Crippen molar-refractivity contribution in [2.75, 3.05) is 25.6 Å². The van der Waals surface area contributed by atoms with Crippen LogP contribution >= 0.6 is 0 Å². The molecule has 0 aliphatic carbocycles. The number of primary amides is 1. The predicted molar refractivity (Wildman–Crippen MR) is 84.7 cm³/mol. The van der Waals surface area contributed by atoms with Gasteiger partial charge in [-0.1, -0.05) is 12.1 Å². The van der Waals surface area contributed by atoms with Crippen LogP contribution in [0.1, 0.15) is 23.7 Å². The lowest BCUT2D eigenvalue weighted by atomic mass is 10.1. The second kappa shape index (κ2) is 7.23. The minimum absolute atomic E-state index is 0.0714. The third-order valence-electron chi connectivity index (χ3n) is 3.92. The number of carbonyl (C=O) groups is 3. The number of hydrogen-bond donors (Lipinski definition) is 2. The van der Waals surface area contributed by atoms with Gasteiger partial charge in [-0.3, -0.25) is 14.4 Å². The minimum Gasteiger partial charge on any atom is -0.383 e. The molecule has 0 spiro atoms. The molecule has 7 nitrogen and oxygen atoms in total. The van der Waals surface area contributed by atoms with E-state index in [-0.39, 0.29) is 29.8 Å². The summed E-state index contributed by atoms with van der Waals surface area (Å²) in [4.78, 5) is 37.5. The van der Waals surface area contributed by atoms with Crippen molar-refractivity contribution in [3.05, 3.63) is 29.8 Å². The highest BCUT2D eigenvalue weighted by Gasteiger charge is 2.36. The molecule has 0 unspecified atom stereocenters. The molecule has 0 aromatic heterocycles. The van der Waals surface area contributed by atoms with E-state index in [4.69, 9.17) is 10.5 Å². The molecule has 3 amide bonds. The van der Waals surface area contributed by atoms with Crippen LogP contribution in [0.3, 0.4) is 0 Å². The average molecular weight is 319 g/mol. The Morgan fingerprint density at radius 3 is 2.78 bits per heavy atom. The maximum absolute atomic E-state index is 12.4. The molecular formula is C16H21N3O4. The summed E-state index contributed by atoms with van der Waals surface area (Å²) in [5.74, 6) is -1.43. The van der Waals surface area contributed by atoms with Crippen LogP contribution in [-0.4, -0.2) is 48.9 Å². The Bertz CT molecular complexity index is 617. The molecule has 1 saturated heterocycles. The van der Waals surface area contributed by atoms with E-state index in [1.54, 1.807) is 36.3 Å². The van der Waals surface area contributed by atoms with Gasteiger partial charge < -0.3 is 20.7 Å². The second-order valence-corrected chi connectivity index (χ2v) is 5.65. The van der Waals surface area contributed by atoms with Crippen molar-refractivity contribution in [3.8, 4) is 0 Å². The number of benzene rings is 1. The summed E-state index contributed by atoms with van der Waals surface area (Å²) in [5, 5.41) is 2.70. The molecule has 2 atom stereocenters. The zero-order chi connectivity index (χ0) is 17.0. The van der Waals surface area contributed by atoms with E-state index in [0.717, 1.165) is 0 Å². The van der Waals surface area contributed by atoms with E-state index >= 15 is 0 Å². The van der Waals surface area contributed by atoms with Gasteiger partial charge in [0.2, 0.25) is 11.8 Å². The standard InChI is InChI=1S/C16H21N3O4/c1-10(9-23-2)19-8-11(7-14(19)20)16(22)18-13-6-4-3-5-12(13)15(17)21/h3-6,10-11H,7-9H2,1-2H3,(H2,17,21)(H,18,22)/t10-,11+/m0/s1. The van der Waals surface area contributed by atoms with Gasteiger partial charge in [-0.05, 0) is 19.1 Å². The topological polar surface area (TPSA) is 102 Å². The van der Waals surface area contributed by atoms with Gasteiger partial charge in [0.25, 0.3) is 5.91 Å². The minimum atomic E-state index is -0.612. The number of para-hydroxylation sites is 1.